The summed E-state index contributed by atoms with van der Waals surface area (Å²) in [7, 11) is 0. The molecular weight excluding hydrogens is 222 g/mol. The summed E-state index contributed by atoms with van der Waals surface area (Å²) >= 11 is 0. The summed E-state index contributed by atoms with van der Waals surface area (Å²) in [6.07, 6.45) is 1.53. The van der Waals surface area contributed by atoms with Crippen LogP contribution in [-0.2, 0) is 0 Å². The number of aryl methyl sites for hydroxylation is 1. The first-order valence-electron chi connectivity index (χ1n) is 4.84. The molecule has 2 heterocycles. The topological polar surface area (TPSA) is 85.1 Å². The lowest BCUT2D eigenvalue weighted by molar-refractivity contribution is 0.0688. The highest BCUT2D eigenvalue weighted by molar-refractivity contribution is 5.84. The van der Waals surface area contributed by atoms with E-state index in [4.69, 9.17) is 5.11 Å². The summed E-state index contributed by atoms with van der Waals surface area (Å²) in [5, 5.41) is 12.5. The minimum atomic E-state index is -1.19. The van der Waals surface area contributed by atoms with E-state index in [1.807, 2.05) is 6.92 Å². The maximum absolute atomic E-state index is 11.6. The summed E-state index contributed by atoms with van der Waals surface area (Å²) in [4.78, 5) is 26.3. The van der Waals surface area contributed by atoms with E-state index >= 15 is 0 Å². The van der Waals surface area contributed by atoms with Gasteiger partial charge in [0.05, 0.1) is 0 Å². The predicted octanol–water partition coefficient (Wildman–Crippen LogP) is 0.634. The summed E-state index contributed by atoms with van der Waals surface area (Å²) in [5.41, 5.74) is 0.283. The van der Waals surface area contributed by atoms with Crippen LogP contribution in [0.4, 0.5) is 0 Å². The van der Waals surface area contributed by atoms with Crippen molar-refractivity contribution in [3.05, 3.63) is 52.1 Å². The number of aromatic carboxylic acids is 1. The number of nitrogens with zero attached hydrogens (tertiary/aromatic N) is 3. The highest BCUT2D eigenvalue weighted by Gasteiger charge is 2.09. The molecular formula is C11H9N3O3. The molecule has 0 saturated heterocycles. The van der Waals surface area contributed by atoms with Gasteiger partial charge in [0.15, 0.2) is 11.5 Å². The molecule has 1 N–H and O–H groups in total. The van der Waals surface area contributed by atoms with Gasteiger partial charge in [-0.1, -0.05) is 0 Å². The highest BCUT2D eigenvalue weighted by Crippen LogP contribution is 2.03. The van der Waals surface area contributed by atoms with Crippen LogP contribution in [0.5, 0.6) is 0 Å². The van der Waals surface area contributed by atoms with E-state index < -0.39 is 11.5 Å². The highest BCUT2D eigenvalue weighted by atomic mass is 16.4. The molecule has 0 amide bonds. The molecule has 2 rings (SSSR count). The number of aromatic nitrogens is 3. The standard InChI is InChI=1S/C11H9N3O3/c1-7-4-5-12-9(6-7)14-10(15)3-2-8(13-14)11(16)17/h2-6H,1H3,(H,16,17). The SMILES string of the molecule is Cc1ccnc(-n2nc(C(=O)O)ccc2=O)c1. The van der Waals surface area contributed by atoms with E-state index in [2.05, 4.69) is 10.1 Å². The first kappa shape index (κ1) is 11.0. The Morgan fingerprint density at radius 2 is 2.12 bits per heavy atom. The molecule has 0 saturated carbocycles. The second-order valence-electron chi connectivity index (χ2n) is 3.47. The summed E-state index contributed by atoms with van der Waals surface area (Å²) in [5.74, 6) is -0.885. The van der Waals surface area contributed by atoms with Crippen molar-refractivity contribution in [1.82, 2.24) is 14.8 Å². The molecule has 6 nitrogen and oxygen atoms in total. The molecule has 0 unspecified atom stereocenters. The summed E-state index contributed by atoms with van der Waals surface area (Å²) in [6.45, 7) is 1.84. The molecule has 0 fully saturated rings. The van der Waals surface area contributed by atoms with Crippen LogP contribution in [0, 0.1) is 6.92 Å². The Labute approximate surface area is 96.2 Å². The van der Waals surface area contributed by atoms with E-state index in [0.29, 0.717) is 5.82 Å². The molecule has 17 heavy (non-hydrogen) atoms. The molecule has 86 valence electrons. The Hall–Kier alpha value is -2.50. The number of hydrogen-bond acceptors (Lipinski definition) is 4. The first-order valence-corrected chi connectivity index (χ1v) is 4.84. The lowest BCUT2D eigenvalue weighted by Gasteiger charge is -2.04. The molecule has 2 aromatic heterocycles. The zero-order valence-electron chi connectivity index (χ0n) is 8.99. The second kappa shape index (κ2) is 4.17. The smallest absolute Gasteiger partial charge is 0.356 e. The quantitative estimate of drug-likeness (QED) is 0.819. The van der Waals surface area contributed by atoms with Crippen LogP contribution >= 0.6 is 0 Å². The Morgan fingerprint density at radius 1 is 1.35 bits per heavy atom. The van der Waals surface area contributed by atoms with E-state index in [1.54, 1.807) is 12.1 Å². The van der Waals surface area contributed by atoms with Gasteiger partial charge in [-0.2, -0.15) is 9.78 Å². The van der Waals surface area contributed by atoms with Crippen LogP contribution < -0.4 is 5.56 Å². The van der Waals surface area contributed by atoms with Crippen LogP contribution in [0.25, 0.3) is 5.82 Å². The lowest BCUT2D eigenvalue weighted by Crippen LogP contribution is -2.23. The largest absolute Gasteiger partial charge is 0.476 e. The Kier molecular flexibility index (Phi) is 2.70. The van der Waals surface area contributed by atoms with Crippen LogP contribution in [-0.4, -0.2) is 25.8 Å². The minimum absolute atomic E-state index is 0.201. The summed E-state index contributed by atoms with van der Waals surface area (Å²) < 4.78 is 0.969. The molecule has 0 atom stereocenters. The molecule has 0 bridgehead atoms. The van der Waals surface area contributed by atoms with Gasteiger partial charge in [-0.3, -0.25) is 4.79 Å². The Bertz CT molecular complexity index is 634. The van der Waals surface area contributed by atoms with Crippen LogP contribution in [0.3, 0.4) is 0 Å². The minimum Gasteiger partial charge on any atom is -0.476 e. The van der Waals surface area contributed by atoms with E-state index in [0.717, 1.165) is 22.4 Å². The Morgan fingerprint density at radius 3 is 2.76 bits per heavy atom. The molecule has 0 aliphatic carbocycles. The third-order valence-corrected chi connectivity index (χ3v) is 2.14. The molecule has 2 aromatic rings. The average Bonchev–Trinajstić information content (AvgIpc) is 2.29. The molecule has 0 spiro atoms. The van der Waals surface area contributed by atoms with E-state index in [9.17, 15) is 9.59 Å². The van der Waals surface area contributed by atoms with Crippen LogP contribution in [0.2, 0.25) is 0 Å². The fourth-order valence-corrected chi connectivity index (χ4v) is 1.33. The van der Waals surface area contributed by atoms with Gasteiger partial charge in [0.2, 0.25) is 0 Å². The van der Waals surface area contributed by atoms with Gasteiger partial charge in [0, 0.05) is 12.3 Å². The average molecular weight is 231 g/mol. The normalized spacial score (nSPS) is 10.2. The lowest BCUT2D eigenvalue weighted by atomic mass is 10.3. The molecule has 0 aliphatic heterocycles. The number of carboxylic acids is 1. The van der Waals surface area contributed by atoms with Crippen LogP contribution in [0.15, 0.2) is 35.3 Å². The van der Waals surface area contributed by atoms with Crippen molar-refractivity contribution in [1.29, 1.82) is 0 Å². The number of carboxylic acid groups (broad SMARTS) is 1. The number of hydrogen-bond donors (Lipinski definition) is 1. The maximum Gasteiger partial charge on any atom is 0.356 e. The fraction of sp³-hybridized carbons (Fsp3) is 0.0909. The second-order valence-corrected chi connectivity index (χ2v) is 3.47. The monoisotopic (exact) mass is 231 g/mol. The van der Waals surface area contributed by atoms with Gasteiger partial charge in [0.25, 0.3) is 5.56 Å². The summed E-state index contributed by atoms with van der Waals surface area (Å²) in [6, 6.07) is 5.74. The van der Waals surface area contributed by atoms with Crippen molar-refractivity contribution >= 4 is 5.97 Å². The number of pyridine rings is 1. The van der Waals surface area contributed by atoms with Gasteiger partial charge in [-0.15, -0.1) is 0 Å². The number of rotatable bonds is 2. The van der Waals surface area contributed by atoms with Crippen LogP contribution in [0.1, 0.15) is 16.1 Å². The van der Waals surface area contributed by atoms with Gasteiger partial charge in [-0.05, 0) is 30.7 Å². The van der Waals surface area contributed by atoms with E-state index in [1.165, 1.54) is 6.20 Å². The van der Waals surface area contributed by atoms with Gasteiger partial charge in [0.1, 0.15) is 0 Å². The van der Waals surface area contributed by atoms with Crippen molar-refractivity contribution < 1.29 is 9.90 Å². The first-order chi connectivity index (χ1) is 8.08. The van der Waals surface area contributed by atoms with Crippen molar-refractivity contribution in [3.63, 3.8) is 0 Å². The fourth-order valence-electron chi connectivity index (χ4n) is 1.33. The van der Waals surface area contributed by atoms with Gasteiger partial charge in [-0.25, -0.2) is 9.78 Å². The zero-order valence-corrected chi connectivity index (χ0v) is 8.99. The van der Waals surface area contributed by atoms with Gasteiger partial charge < -0.3 is 5.11 Å². The van der Waals surface area contributed by atoms with Crippen molar-refractivity contribution in [2.24, 2.45) is 0 Å². The number of carbonyl (C=O) groups is 1. The third kappa shape index (κ3) is 2.20. The van der Waals surface area contributed by atoms with Crippen molar-refractivity contribution in [2.45, 2.75) is 6.92 Å². The van der Waals surface area contributed by atoms with E-state index in [-0.39, 0.29) is 5.69 Å². The predicted molar refractivity (Wildman–Crippen MR) is 59.3 cm³/mol. The Balaban J connectivity index is 2.62. The maximum atomic E-state index is 11.6. The third-order valence-electron chi connectivity index (χ3n) is 2.14. The molecule has 6 heteroatoms. The zero-order chi connectivity index (χ0) is 12.4. The molecule has 0 aliphatic rings. The van der Waals surface area contributed by atoms with Crippen molar-refractivity contribution in [2.75, 3.05) is 0 Å². The van der Waals surface area contributed by atoms with Gasteiger partial charge >= 0.3 is 5.97 Å². The molecule has 0 aromatic carbocycles. The van der Waals surface area contributed by atoms with Crippen molar-refractivity contribution in [3.8, 4) is 5.82 Å². The molecule has 0 radical (unpaired) electrons.